The van der Waals surface area contributed by atoms with Crippen molar-refractivity contribution in [2.24, 2.45) is 0 Å². The van der Waals surface area contributed by atoms with Crippen molar-refractivity contribution in [1.29, 1.82) is 0 Å². The lowest BCUT2D eigenvalue weighted by atomic mass is 10.2. The molecule has 18 heavy (non-hydrogen) atoms. The third kappa shape index (κ3) is 2.40. The zero-order valence-corrected chi connectivity index (χ0v) is 10.9. The lowest BCUT2D eigenvalue weighted by Crippen LogP contribution is -2.16. The molecule has 2 aromatic rings. The number of hydrogen-bond donors (Lipinski definition) is 2. The van der Waals surface area contributed by atoms with Gasteiger partial charge in [-0.2, -0.15) is 0 Å². The van der Waals surface area contributed by atoms with E-state index in [1.54, 1.807) is 0 Å². The molecule has 0 aliphatic carbocycles. The smallest absolute Gasteiger partial charge is 0.0568 e. The normalized spacial score (nSPS) is 10.3. The molecule has 0 radical (unpaired) electrons. The van der Waals surface area contributed by atoms with E-state index in [1.165, 1.54) is 5.56 Å². The second-order valence-electron chi connectivity index (χ2n) is 4.39. The summed E-state index contributed by atoms with van der Waals surface area (Å²) in [4.78, 5) is 2.20. The molecule has 0 saturated heterocycles. The minimum Gasteiger partial charge on any atom is -0.397 e. The summed E-state index contributed by atoms with van der Waals surface area (Å²) in [6, 6.07) is 14.2. The van der Waals surface area contributed by atoms with Gasteiger partial charge in [0.1, 0.15) is 0 Å². The number of anilines is 4. The average molecular weight is 241 g/mol. The molecule has 2 aromatic carbocycles. The molecule has 0 aliphatic heterocycles. The van der Waals surface area contributed by atoms with Gasteiger partial charge in [0, 0.05) is 17.9 Å². The lowest BCUT2D eigenvalue weighted by Gasteiger charge is -2.24. The van der Waals surface area contributed by atoms with Crippen LogP contribution in [0.5, 0.6) is 0 Å². The van der Waals surface area contributed by atoms with Gasteiger partial charge in [-0.1, -0.05) is 17.7 Å². The molecule has 0 bridgehead atoms. The predicted molar refractivity (Wildman–Crippen MR) is 79.1 cm³/mol. The number of nitrogens with two attached hydrogens (primary N) is 2. The summed E-state index contributed by atoms with van der Waals surface area (Å²) in [5.41, 5.74) is 16.3. The van der Waals surface area contributed by atoms with Crippen molar-refractivity contribution in [3.8, 4) is 0 Å². The van der Waals surface area contributed by atoms with E-state index in [2.05, 4.69) is 43.0 Å². The van der Waals surface area contributed by atoms with Crippen LogP contribution in [0.2, 0.25) is 0 Å². The fraction of sp³-hybridized carbons (Fsp3) is 0.200. The summed E-state index contributed by atoms with van der Waals surface area (Å²) in [5.74, 6) is 0. The third-order valence-corrected chi connectivity index (χ3v) is 3.04. The maximum absolute atomic E-state index is 5.86. The highest BCUT2D eigenvalue weighted by atomic mass is 15.1. The number of nitrogen functional groups attached to an aromatic ring is 2. The van der Waals surface area contributed by atoms with Crippen molar-refractivity contribution in [2.45, 2.75) is 13.8 Å². The Morgan fingerprint density at radius 1 is 0.889 bits per heavy atom. The molecule has 0 aromatic heterocycles. The predicted octanol–water partition coefficient (Wildman–Crippen LogP) is 3.32. The molecule has 0 fully saturated rings. The van der Waals surface area contributed by atoms with E-state index in [0.29, 0.717) is 11.4 Å². The summed E-state index contributed by atoms with van der Waals surface area (Å²) >= 11 is 0. The van der Waals surface area contributed by atoms with E-state index in [0.717, 1.165) is 17.9 Å². The van der Waals surface area contributed by atoms with Crippen molar-refractivity contribution in [2.75, 3.05) is 22.9 Å². The molecule has 4 N–H and O–H groups in total. The molecule has 2 rings (SSSR count). The second kappa shape index (κ2) is 5.00. The Balaban J connectivity index is 2.38. The van der Waals surface area contributed by atoms with Gasteiger partial charge >= 0.3 is 0 Å². The van der Waals surface area contributed by atoms with E-state index < -0.39 is 0 Å². The van der Waals surface area contributed by atoms with Crippen LogP contribution in [-0.2, 0) is 0 Å². The average Bonchev–Trinajstić information content (AvgIpc) is 2.37. The number of hydrogen-bond acceptors (Lipinski definition) is 3. The topological polar surface area (TPSA) is 55.3 Å². The number of nitrogens with zero attached hydrogens (tertiary/aromatic N) is 1. The van der Waals surface area contributed by atoms with Gasteiger partial charge in [-0.3, -0.25) is 0 Å². The molecule has 0 atom stereocenters. The number of aryl methyl sites for hydroxylation is 1. The van der Waals surface area contributed by atoms with Crippen molar-refractivity contribution in [3.63, 3.8) is 0 Å². The van der Waals surface area contributed by atoms with E-state index in [4.69, 9.17) is 11.5 Å². The molecular formula is C15H19N3. The van der Waals surface area contributed by atoms with Gasteiger partial charge in [0.2, 0.25) is 0 Å². The number of benzene rings is 2. The van der Waals surface area contributed by atoms with Crippen molar-refractivity contribution in [3.05, 3.63) is 48.0 Å². The second-order valence-corrected chi connectivity index (χ2v) is 4.39. The van der Waals surface area contributed by atoms with Gasteiger partial charge in [0.25, 0.3) is 0 Å². The van der Waals surface area contributed by atoms with Crippen LogP contribution in [-0.4, -0.2) is 6.54 Å². The molecular weight excluding hydrogens is 222 g/mol. The Kier molecular flexibility index (Phi) is 3.42. The van der Waals surface area contributed by atoms with Gasteiger partial charge in [-0.25, -0.2) is 0 Å². The van der Waals surface area contributed by atoms with Crippen molar-refractivity contribution >= 4 is 22.7 Å². The first-order valence-corrected chi connectivity index (χ1v) is 6.11. The summed E-state index contributed by atoms with van der Waals surface area (Å²) in [5, 5.41) is 0. The SMILES string of the molecule is CCN(c1ccc(C)cc1)c1ccc(N)c(N)c1. The molecule has 0 amide bonds. The first-order chi connectivity index (χ1) is 8.61. The highest BCUT2D eigenvalue weighted by Crippen LogP contribution is 2.29. The molecule has 0 heterocycles. The monoisotopic (exact) mass is 241 g/mol. The van der Waals surface area contributed by atoms with E-state index in [1.807, 2.05) is 18.2 Å². The van der Waals surface area contributed by atoms with Crippen LogP contribution in [0.1, 0.15) is 12.5 Å². The summed E-state index contributed by atoms with van der Waals surface area (Å²) in [7, 11) is 0. The van der Waals surface area contributed by atoms with Gasteiger partial charge in [0.05, 0.1) is 11.4 Å². The Bertz CT molecular complexity index is 532. The van der Waals surface area contributed by atoms with Crippen LogP contribution < -0.4 is 16.4 Å². The Morgan fingerprint density at radius 3 is 2.06 bits per heavy atom. The fourth-order valence-corrected chi connectivity index (χ4v) is 1.97. The standard InChI is InChI=1S/C15H19N3/c1-3-18(12-6-4-11(2)5-7-12)13-8-9-14(16)15(17)10-13/h4-10H,3,16-17H2,1-2H3. The zero-order chi connectivity index (χ0) is 13.1. The maximum atomic E-state index is 5.86. The largest absolute Gasteiger partial charge is 0.397 e. The van der Waals surface area contributed by atoms with Crippen LogP contribution in [0.25, 0.3) is 0 Å². The first kappa shape index (κ1) is 12.3. The molecule has 94 valence electrons. The maximum Gasteiger partial charge on any atom is 0.0568 e. The van der Waals surface area contributed by atoms with Gasteiger partial charge in [-0.15, -0.1) is 0 Å². The summed E-state index contributed by atoms with van der Waals surface area (Å²) < 4.78 is 0. The van der Waals surface area contributed by atoms with E-state index in [9.17, 15) is 0 Å². The molecule has 0 aliphatic rings. The summed E-state index contributed by atoms with van der Waals surface area (Å²) in [6.07, 6.45) is 0. The number of rotatable bonds is 3. The minimum atomic E-state index is 0.623. The summed E-state index contributed by atoms with van der Waals surface area (Å²) in [6.45, 7) is 5.08. The molecule has 3 heteroatoms. The first-order valence-electron chi connectivity index (χ1n) is 6.11. The quantitative estimate of drug-likeness (QED) is 0.810. The molecule has 0 saturated carbocycles. The molecule has 0 spiro atoms. The van der Waals surface area contributed by atoms with Crippen LogP contribution in [0, 0.1) is 6.92 Å². The molecule has 0 unspecified atom stereocenters. The zero-order valence-electron chi connectivity index (χ0n) is 10.9. The minimum absolute atomic E-state index is 0.623. The Labute approximate surface area is 108 Å². The highest BCUT2D eigenvalue weighted by Gasteiger charge is 2.08. The van der Waals surface area contributed by atoms with Gasteiger partial charge < -0.3 is 16.4 Å². The highest BCUT2D eigenvalue weighted by molar-refractivity contribution is 5.73. The Morgan fingerprint density at radius 2 is 1.50 bits per heavy atom. The van der Waals surface area contributed by atoms with Crippen LogP contribution in [0.15, 0.2) is 42.5 Å². The van der Waals surface area contributed by atoms with Gasteiger partial charge in [0.15, 0.2) is 0 Å². The van der Waals surface area contributed by atoms with Crippen LogP contribution in [0.3, 0.4) is 0 Å². The molecule has 3 nitrogen and oxygen atoms in total. The van der Waals surface area contributed by atoms with Crippen LogP contribution >= 0.6 is 0 Å². The Hall–Kier alpha value is -2.16. The van der Waals surface area contributed by atoms with Gasteiger partial charge in [-0.05, 0) is 44.2 Å². The van der Waals surface area contributed by atoms with Crippen molar-refractivity contribution < 1.29 is 0 Å². The van der Waals surface area contributed by atoms with E-state index >= 15 is 0 Å². The van der Waals surface area contributed by atoms with E-state index in [-0.39, 0.29) is 0 Å². The third-order valence-electron chi connectivity index (χ3n) is 3.04. The van der Waals surface area contributed by atoms with Crippen molar-refractivity contribution in [1.82, 2.24) is 0 Å². The van der Waals surface area contributed by atoms with Crippen LogP contribution in [0.4, 0.5) is 22.7 Å². The lowest BCUT2D eigenvalue weighted by molar-refractivity contribution is 1.02. The fourth-order valence-electron chi connectivity index (χ4n) is 1.97.